The Balaban J connectivity index is 2.26. The molecule has 0 bridgehead atoms. The van der Waals surface area contributed by atoms with E-state index < -0.39 is 0 Å². The SMILES string of the molecule is O=C1N=CN=c2c1ccc1c3c(ccc21)C=NC=3. The van der Waals surface area contributed by atoms with Crippen molar-refractivity contribution in [2.75, 3.05) is 0 Å². The van der Waals surface area contributed by atoms with Gasteiger partial charge >= 0.3 is 0 Å². The number of aliphatic imine (C=N–C) groups is 2. The summed E-state index contributed by atoms with van der Waals surface area (Å²) in [6, 6.07) is 7.70. The van der Waals surface area contributed by atoms with Gasteiger partial charge in [0.05, 0.1) is 10.9 Å². The molecule has 0 atom stereocenters. The van der Waals surface area contributed by atoms with Crippen molar-refractivity contribution in [1.29, 1.82) is 0 Å². The summed E-state index contributed by atoms with van der Waals surface area (Å²) in [6.07, 6.45) is 4.98. The average Bonchev–Trinajstić information content (AvgIpc) is 2.87. The second kappa shape index (κ2) is 3.20. The number of hydrogen-bond donors (Lipinski definition) is 0. The minimum Gasteiger partial charge on any atom is -0.267 e. The molecule has 0 aromatic heterocycles. The highest BCUT2D eigenvalue weighted by Crippen LogP contribution is 2.12. The van der Waals surface area contributed by atoms with Crippen LogP contribution >= 0.6 is 0 Å². The van der Waals surface area contributed by atoms with Crippen LogP contribution in [0.3, 0.4) is 0 Å². The third-order valence-corrected chi connectivity index (χ3v) is 3.26. The van der Waals surface area contributed by atoms with Crippen molar-refractivity contribution in [2.45, 2.75) is 0 Å². The smallest absolute Gasteiger partial charge is 0.267 e. The molecule has 18 heavy (non-hydrogen) atoms. The van der Waals surface area contributed by atoms with Gasteiger partial charge in [-0.3, -0.25) is 9.79 Å². The second-order valence-electron chi connectivity index (χ2n) is 4.21. The first-order valence-corrected chi connectivity index (χ1v) is 5.58. The zero-order chi connectivity index (χ0) is 12.1. The maximum Gasteiger partial charge on any atom is 0.280 e. The van der Waals surface area contributed by atoms with E-state index in [-0.39, 0.29) is 5.91 Å². The number of fused-ring (bicyclic) bond motifs is 5. The fraction of sp³-hybridized carbons (Fsp3) is 0. The van der Waals surface area contributed by atoms with Gasteiger partial charge in [-0.2, -0.15) is 4.99 Å². The molecule has 0 fully saturated rings. The molecular weight excluding hydrogens is 226 g/mol. The quantitative estimate of drug-likeness (QED) is 0.664. The van der Waals surface area contributed by atoms with Crippen molar-refractivity contribution in [2.24, 2.45) is 15.0 Å². The van der Waals surface area contributed by atoms with Crippen LogP contribution < -0.4 is 10.6 Å². The van der Waals surface area contributed by atoms with Gasteiger partial charge in [-0.05, 0) is 11.5 Å². The molecule has 0 unspecified atom stereocenters. The van der Waals surface area contributed by atoms with Gasteiger partial charge in [0.2, 0.25) is 0 Å². The lowest BCUT2D eigenvalue weighted by Gasteiger charge is -2.06. The molecule has 4 rings (SSSR count). The van der Waals surface area contributed by atoms with E-state index in [0.717, 1.165) is 21.6 Å². The number of nitrogens with zero attached hydrogens (tertiary/aromatic N) is 3. The zero-order valence-electron chi connectivity index (χ0n) is 9.29. The van der Waals surface area contributed by atoms with Crippen molar-refractivity contribution in [3.8, 4) is 0 Å². The van der Waals surface area contributed by atoms with Crippen LogP contribution in [0.25, 0.3) is 17.0 Å². The molecule has 2 aromatic carbocycles. The van der Waals surface area contributed by atoms with Crippen LogP contribution in [0.4, 0.5) is 0 Å². The first kappa shape index (κ1) is 9.41. The van der Waals surface area contributed by atoms with E-state index in [1.165, 1.54) is 6.34 Å². The monoisotopic (exact) mass is 233 g/mol. The van der Waals surface area contributed by atoms with Crippen molar-refractivity contribution in [3.63, 3.8) is 0 Å². The molecule has 1 amide bonds. The van der Waals surface area contributed by atoms with Gasteiger partial charge in [-0.15, -0.1) is 0 Å². The Bertz CT molecular complexity index is 891. The highest BCUT2D eigenvalue weighted by molar-refractivity contribution is 6.04. The Hall–Kier alpha value is -2.62. The molecule has 2 aliphatic rings. The fourth-order valence-corrected chi connectivity index (χ4v) is 2.40. The highest BCUT2D eigenvalue weighted by Gasteiger charge is 2.13. The summed E-state index contributed by atoms with van der Waals surface area (Å²) in [7, 11) is 0. The standard InChI is InChI=1S/C14H7N3O/c18-14-11-4-3-9-10(13(11)16-7-17-14)2-1-8-5-15-6-12(8)9/h1-7H. The van der Waals surface area contributed by atoms with Crippen LogP contribution in [-0.2, 0) is 0 Å². The van der Waals surface area contributed by atoms with Gasteiger partial charge in [-0.25, -0.2) is 4.99 Å². The molecule has 4 nitrogen and oxygen atoms in total. The summed E-state index contributed by atoms with van der Waals surface area (Å²) in [5.74, 6) is -0.234. The summed E-state index contributed by atoms with van der Waals surface area (Å²) in [5, 5.41) is 3.82. The molecule has 0 N–H and O–H groups in total. The molecule has 4 heteroatoms. The summed E-state index contributed by atoms with van der Waals surface area (Å²) in [5.41, 5.74) is 1.65. The van der Waals surface area contributed by atoms with E-state index in [1.54, 1.807) is 6.07 Å². The zero-order valence-corrected chi connectivity index (χ0v) is 9.29. The Labute approximate surface area is 102 Å². The summed E-state index contributed by atoms with van der Waals surface area (Å²) < 4.78 is 0. The number of amides is 1. The van der Waals surface area contributed by atoms with E-state index in [0.29, 0.717) is 10.9 Å². The average molecular weight is 233 g/mol. The van der Waals surface area contributed by atoms with Crippen LogP contribution in [0.2, 0.25) is 0 Å². The number of carbonyl (C=O) groups is 1. The van der Waals surface area contributed by atoms with Crippen LogP contribution in [0.5, 0.6) is 0 Å². The van der Waals surface area contributed by atoms with Crippen molar-refractivity contribution in [3.05, 3.63) is 46.0 Å². The van der Waals surface area contributed by atoms with Gasteiger partial charge in [0.15, 0.2) is 0 Å². The van der Waals surface area contributed by atoms with Gasteiger partial charge in [0, 0.05) is 28.6 Å². The van der Waals surface area contributed by atoms with Gasteiger partial charge < -0.3 is 0 Å². The normalized spacial score (nSPS) is 15.2. The minimum atomic E-state index is -0.234. The molecular formula is C14H7N3O. The number of rotatable bonds is 0. The predicted octanol–water partition coefficient (Wildman–Crippen LogP) is 0.812. The fourth-order valence-electron chi connectivity index (χ4n) is 2.40. The molecule has 2 aliphatic heterocycles. The maximum absolute atomic E-state index is 11.7. The Morgan fingerprint density at radius 1 is 1.00 bits per heavy atom. The lowest BCUT2D eigenvalue weighted by Crippen LogP contribution is -2.21. The molecule has 0 saturated heterocycles. The summed E-state index contributed by atoms with van der Waals surface area (Å²) in [4.78, 5) is 23.7. The van der Waals surface area contributed by atoms with Gasteiger partial charge in [-0.1, -0.05) is 18.2 Å². The molecule has 2 aromatic rings. The lowest BCUT2D eigenvalue weighted by atomic mass is 10.0. The molecule has 0 aliphatic carbocycles. The van der Waals surface area contributed by atoms with E-state index in [1.807, 2.05) is 30.6 Å². The number of benzene rings is 2. The molecule has 2 heterocycles. The third-order valence-electron chi connectivity index (χ3n) is 3.26. The number of hydrogen-bond acceptors (Lipinski definition) is 3. The van der Waals surface area contributed by atoms with Crippen LogP contribution in [0.1, 0.15) is 15.9 Å². The topological polar surface area (TPSA) is 54.1 Å². The van der Waals surface area contributed by atoms with E-state index in [4.69, 9.17) is 0 Å². The third kappa shape index (κ3) is 1.09. The second-order valence-corrected chi connectivity index (χ2v) is 4.21. The maximum atomic E-state index is 11.7. The van der Waals surface area contributed by atoms with Crippen molar-refractivity contribution >= 4 is 35.4 Å². The molecule has 0 saturated carbocycles. The highest BCUT2D eigenvalue weighted by atomic mass is 16.1. The van der Waals surface area contributed by atoms with E-state index >= 15 is 0 Å². The largest absolute Gasteiger partial charge is 0.280 e. The first-order valence-electron chi connectivity index (χ1n) is 5.58. The van der Waals surface area contributed by atoms with Crippen molar-refractivity contribution < 1.29 is 4.79 Å². The summed E-state index contributed by atoms with van der Waals surface area (Å²) >= 11 is 0. The number of carbonyl (C=O) groups excluding carboxylic acids is 1. The molecule has 0 spiro atoms. The van der Waals surface area contributed by atoms with Gasteiger partial charge in [0.1, 0.15) is 6.34 Å². The Morgan fingerprint density at radius 3 is 2.83 bits per heavy atom. The van der Waals surface area contributed by atoms with Crippen molar-refractivity contribution in [1.82, 2.24) is 0 Å². The summed E-state index contributed by atoms with van der Waals surface area (Å²) in [6.45, 7) is 0. The molecule has 84 valence electrons. The van der Waals surface area contributed by atoms with Crippen LogP contribution in [0, 0.1) is 0 Å². The predicted molar refractivity (Wildman–Crippen MR) is 69.6 cm³/mol. The van der Waals surface area contributed by atoms with E-state index in [2.05, 4.69) is 15.0 Å². The lowest BCUT2D eigenvalue weighted by molar-refractivity contribution is 0.100. The Kier molecular flexibility index (Phi) is 1.67. The van der Waals surface area contributed by atoms with Crippen LogP contribution in [-0.4, -0.2) is 18.5 Å². The van der Waals surface area contributed by atoms with Crippen LogP contribution in [0.15, 0.2) is 39.2 Å². The molecule has 0 radical (unpaired) electrons. The first-order chi connectivity index (χ1) is 8.84. The van der Waals surface area contributed by atoms with Gasteiger partial charge in [0.25, 0.3) is 5.91 Å². The van der Waals surface area contributed by atoms with E-state index in [9.17, 15) is 4.79 Å². The Morgan fingerprint density at radius 2 is 1.89 bits per heavy atom. The minimum absolute atomic E-state index is 0.234.